The van der Waals surface area contributed by atoms with Crippen LogP contribution >= 0.6 is 11.6 Å². The summed E-state index contributed by atoms with van der Waals surface area (Å²) in [4.78, 5) is 6.45. The fourth-order valence-corrected chi connectivity index (χ4v) is 2.21. The molecule has 0 amide bonds. The lowest BCUT2D eigenvalue weighted by atomic mass is 9.97. The van der Waals surface area contributed by atoms with E-state index in [-0.39, 0.29) is 0 Å². The van der Waals surface area contributed by atoms with Crippen LogP contribution in [0.1, 0.15) is 18.4 Å². The minimum atomic E-state index is 0.551. The molecule has 0 radical (unpaired) electrons. The summed E-state index contributed by atoms with van der Waals surface area (Å²) >= 11 is 5.74. The molecule has 16 heavy (non-hydrogen) atoms. The molecular weight excluding hydrogens is 220 g/mol. The average molecular weight is 237 g/mol. The first-order valence-electron chi connectivity index (χ1n) is 5.72. The highest BCUT2D eigenvalue weighted by Gasteiger charge is 2.13. The second-order valence-corrected chi connectivity index (χ2v) is 4.83. The Kier molecular flexibility index (Phi) is 3.97. The number of likely N-dealkylation sites (tertiary alicyclic amines) is 1. The molecule has 1 fully saturated rings. The second kappa shape index (κ2) is 5.46. The van der Waals surface area contributed by atoms with Crippen molar-refractivity contribution in [1.29, 1.82) is 0 Å². The Morgan fingerprint density at radius 3 is 3.06 bits per heavy atom. The summed E-state index contributed by atoms with van der Waals surface area (Å²) in [6, 6.07) is 3.83. The highest BCUT2D eigenvalue weighted by Crippen LogP contribution is 2.17. The Hall–Kier alpha value is -0.860. The summed E-state index contributed by atoms with van der Waals surface area (Å²) < 4.78 is 0. The first-order chi connectivity index (χ1) is 7.74. The number of hydrogen-bond donors (Lipinski definition) is 0. The van der Waals surface area contributed by atoms with E-state index in [9.17, 15) is 0 Å². The van der Waals surface area contributed by atoms with E-state index in [0.29, 0.717) is 11.1 Å². The Bertz CT molecular complexity index is 359. The topological polar surface area (TPSA) is 16.1 Å². The second-order valence-electron chi connectivity index (χ2n) is 4.44. The highest BCUT2D eigenvalue weighted by molar-refractivity contribution is 6.29. The van der Waals surface area contributed by atoms with E-state index in [0.717, 1.165) is 12.1 Å². The quantitative estimate of drug-likeness (QED) is 0.734. The zero-order chi connectivity index (χ0) is 11.4. The molecule has 0 saturated carbocycles. The van der Waals surface area contributed by atoms with Gasteiger partial charge in [-0.1, -0.05) is 29.8 Å². The normalized spacial score (nSPS) is 22.8. The van der Waals surface area contributed by atoms with Crippen LogP contribution in [0.2, 0.25) is 5.15 Å². The fourth-order valence-electron chi connectivity index (χ4n) is 2.10. The minimum Gasteiger partial charge on any atom is -0.306 e. The van der Waals surface area contributed by atoms with Crippen molar-refractivity contribution >= 4 is 17.7 Å². The third-order valence-corrected chi connectivity index (χ3v) is 3.20. The van der Waals surface area contributed by atoms with Gasteiger partial charge in [0.05, 0.1) is 0 Å². The van der Waals surface area contributed by atoms with E-state index in [1.54, 1.807) is 0 Å². The minimum absolute atomic E-state index is 0.551. The Balaban J connectivity index is 1.95. The molecule has 0 unspecified atom stereocenters. The highest BCUT2D eigenvalue weighted by atomic mass is 35.5. The number of rotatable bonds is 2. The molecule has 0 aliphatic carbocycles. The predicted octanol–water partition coefficient (Wildman–Crippen LogP) is 3.09. The van der Waals surface area contributed by atoms with Gasteiger partial charge in [0.25, 0.3) is 0 Å². The van der Waals surface area contributed by atoms with Crippen LogP contribution in [0.15, 0.2) is 24.4 Å². The van der Waals surface area contributed by atoms with Gasteiger partial charge in [0, 0.05) is 12.7 Å². The van der Waals surface area contributed by atoms with Gasteiger partial charge >= 0.3 is 0 Å². The molecule has 2 rings (SSSR count). The van der Waals surface area contributed by atoms with Crippen LogP contribution in [-0.2, 0) is 0 Å². The lowest BCUT2D eigenvalue weighted by Gasteiger charge is -2.27. The number of aromatic nitrogens is 1. The number of halogens is 1. The zero-order valence-electron chi connectivity index (χ0n) is 9.56. The summed E-state index contributed by atoms with van der Waals surface area (Å²) in [5.74, 6) is 0.675. The molecule has 3 heteroatoms. The maximum Gasteiger partial charge on any atom is 0.129 e. The van der Waals surface area contributed by atoms with Crippen LogP contribution in [0, 0.1) is 5.92 Å². The largest absolute Gasteiger partial charge is 0.306 e. The fraction of sp³-hybridized carbons (Fsp3) is 0.462. The van der Waals surface area contributed by atoms with Crippen molar-refractivity contribution in [1.82, 2.24) is 9.88 Å². The summed E-state index contributed by atoms with van der Waals surface area (Å²) in [6.45, 7) is 2.39. The van der Waals surface area contributed by atoms with E-state index in [1.807, 2.05) is 18.3 Å². The number of nitrogens with zero attached hydrogens (tertiary/aromatic N) is 2. The molecule has 2 heterocycles. The lowest BCUT2D eigenvalue weighted by Crippen LogP contribution is -2.30. The first-order valence-corrected chi connectivity index (χ1v) is 6.10. The van der Waals surface area contributed by atoms with Gasteiger partial charge in [0.1, 0.15) is 5.15 Å². The number of hydrogen-bond acceptors (Lipinski definition) is 2. The van der Waals surface area contributed by atoms with Gasteiger partial charge in [-0.2, -0.15) is 0 Å². The summed E-state index contributed by atoms with van der Waals surface area (Å²) in [5.41, 5.74) is 1.12. The molecule has 0 bridgehead atoms. The van der Waals surface area contributed by atoms with Crippen molar-refractivity contribution < 1.29 is 0 Å². The number of piperidine rings is 1. The third kappa shape index (κ3) is 3.32. The maximum absolute atomic E-state index is 5.74. The molecule has 1 aromatic heterocycles. The van der Waals surface area contributed by atoms with Gasteiger partial charge in [-0.25, -0.2) is 4.98 Å². The molecular formula is C13H17ClN2. The first kappa shape index (κ1) is 11.6. The van der Waals surface area contributed by atoms with Crippen molar-refractivity contribution in [2.75, 3.05) is 20.1 Å². The molecule has 0 spiro atoms. The zero-order valence-corrected chi connectivity index (χ0v) is 10.3. The van der Waals surface area contributed by atoms with Gasteiger partial charge in [-0.3, -0.25) is 0 Å². The Morgan fingerprint density at radius 2 is 2.38 bits per heavy atom. The molecule has 1 aliphatic heterocycles. The SMILES string of the molecule is CN1CCC[C@@H](/C=C/c2ccc(Cl)nc2)C1. The molecule has 0 aromatic carbocycles. The van der Waals surface area contributed by atoms with Crippen LogP contribution in [0.4, 0.5) is 0 Å². The third-order valence-electron chi connectivity index (χ3n) is 2.97. The van der Waals surface area contributed by atoms with Crippen LogP contribution in [-0.4, -0.2) is 30.0 Å². The summed E-state index contributed by atoms with van der Waals surface area (Å²) in [5, 5.41) is 0.551. The van der Waals surface area contributed by atoms with E-state index in [1.165, 1.54) is 19.4 Å². The van der Waals surface area contributed by atoms with Crippen LogP contribution in [0.5, 0.6) is 0 Å². The molecule has 2 nitrogen and oxygen atoms in total. The standard InChI is InChI=1S/C13H17ClN2/c1-16-8-2-3-12(10-16)5-4-11-6-7-13(14)15-9-11/h4-7,9,12H,2-3,8,10H2,1H3/b5-4+/t12-/m0/s1. The Labute approximate surface area is 102 Å². The van der Waals surface area contributed by atoms with Crippen molar-refractivity contribution in [2.45, 2.75) is 12.8 Å². The van der Waals surface area contributed by atoms with Crippen LogP contribution in [0.25, 0.3) is 6.08 Å². The Morgan fingerprint density at radius 1 is 1.50 bits per heavy atom. The van der Waals surface area contributed by atoms with E-state index in [4.69, 9.17) is 11.6 Å². The van der Waals surface area contributed by atoms with Gasteiger partial charge in [0.15, 0.2) is 0 Å². The van der Waals surface area contributed by atoms with Crippen LogP contribution < -0.4 is 0 Å². The predicted molar refractivity (Wildman–Crippen MR) is 68.5 cm³/mol. The van der Waals surface area contributed by atoms with Gasteiger partial charge in [0.2, 0.25) is 0 Å². The maximum atomic E-state index is 5.74. The van der Waals surface area contributed by atoms with Gasteiger partial charge < -0.3 is 4.90 Å². The smallest absolute Gasteiger partial charge is 0.129 e. The van der Waals surface area contributed by atoms with E-state index >= 15 is 0 Å². The molecule has 1 aromatic rings. The average Bonchev–Trinajstić information content (AvgIpc) is 2.28. The van der Waals surface area contributed by atoms with Crippen LogP contribution in [0.3, 0.4) is 0 Å². The summed E-state index contributed by atoms with van der Waals surface area (Å²) in [7, 11) is 2.18. The lowest BCUT2D eigenvalue weighted by molar-refractivity contribution is 0.238. The van der Waals surface area contributed by atoms with Gasteiger partial charge in [-0.05, 0) is 44.0 Å². The van der Waals surface area contributed by atoms with Crippen molar-refractivity contribution in [2.24, 2.45) is 5.92 Å². The molecule has 1 atom stereocenters. The molecule has 86 valence electrons. The van der Waals surface area contributed by atoms with Gasteiger partial charge in [-0.15, -0.1) is 0 Å². The molecule has 1 aliphatic rings. The molecule has 0 N–H and O–H groups in total. The van der Waals surface area contributed by atoms with E-state index in [2.05, 4.69) is 29.1 Å². The van der Waals surface area contributed by atoms with Crippen molar-refractivity contribution in [3.05, 3.63) is 35.1 Å². The van der Waals surface area contributed by atoms with Crippen molar-refractivity contribution in [3.63, 3.8) is 0 Å². The van der Waals surface area contributed by atoms with Crippen molar-refractivity contribution in [3.8, 4) is 0 Å². The van der Waals surface area contributed by atoms with E-state index < -0.39 is 0 Å². The number of pyridine rings is 1. The monoisotopic (exact) mass is 236 g/mol. The molecule has 1 saturated heterocycles. The summed E-state index contributed by atoms with van der Waals surface area (Å²) in [6.07, 6.45) is 8.84.